The Morgan fingerprint density at radius 1 is 1.24 bits per heavy atom. The van der Waals surface area contributed by atoms with Crippen molar-refractivity contribution in [3.05, 3.63) is 0 Å². The van der Waals surface area contributed by atoms with E-state index < -0.39 is 0 Å². The number of nitrogens with one attached hydrogen (secondary N) is 1. The molecule has 2 heterocycles. The van der Waals surface area contributed by atoms with Crippen LogP contribution in [0, 0.1) is 5.92 Å². The zero-order valence-corrected chi connectivity index (χ0v) is 11.3. The molecule has 0 aromatic carbocycles. The molecule has 0 amide bonds. The fourth-order valence-corrected chi connectivity index (χ4v) is 3.17. The minimum Gasteiger partial charge on any atom is -0.381 e. The summed E-state index contributed by atoms with van der Waals surface area (Å²) in [4.78, 5) is 2.74. The van der Waals surface area contributed by atoms with Crippen molar-refractivity contribution >= 4 is 0 Å². The van der Waals surface area contributed by atoms with E-state index in [9.17, 15) is 0 Å². The van der Waals surface area contributed by atoms with Gasteiger partial charge < -0.3 is 10.1 Å². The van der Waals surface area contributed by atoms with E-state index in [0.717, 1.165) is 25.2 Å². The smallest absolute Gasteiger partial charge is 0.0480 e. The van der Waals surface area contributed by atoms with Crippen molar-refractivity contribution in [3.63, 3.8) is 0 Å². The van der Waals surface area contributed by atoms with Gasteiger partial charge in [0.15, 0.2) is 0 Å². The van der Waals surface area contributed by atoms with Gasteiger partial charge in [-0.3, -0.25) is 4.90 Å². The number of hydrogen-bond donors (Lipinski definition) is 1. The molecule has 0 saturated carbocycles. The van der Waals surface area contributed by atoms with Gasteiger partial charge in [0.25, 0.3) is 0 Å². The molecule has 2 rings (SSSR count). The molecule has 0 aliphatic carbocycles. The third-order valence-electron chi connectivity index (χ3n) is 4.11. The Labute approximate surface area is 106 Å². The predicted octanol–water partition coefficient (Wildman–Crippen LogP) is 1.88. The SMILES string of the molecule is CCCN(CC1CCCNC1)C1CCOCC1. The van der Waals surface area contributed by atoms with Crippen molar-refractivity contribution in [1.29, 1.82) is 0 Å². The van der Waals surface area contributed by atoms with E-state index in [0.29, 0.717) is 0 Å². The Hall–Kier alpha value is -0.120. The molecule has 17 heavy (non-hydrogen) atoms. The molecule has 0 spiro atoms. The highest BCUT2D eigenvalue weighted by atomic mass is 16.5. The lowest BCUT2D eigenvalue weighted by molar-refractivity contribution is 0.0267. The molecule has 1 unspecified atom stereocenters. The van der Waals surface area contributed by atoms with E-state index in [-0.39, 0.29) is 0 Å². The molecule has 3 heteroatoms. The van der Waals surface area contributed by atoms with Crippen molar-refractivity contribution in [2.45, 2.75) is 45.1 Å². The highest BCUT2D eigenvalue weighted by molar-refractivity contribution is 4.79. The highest BCUT2D eigenvalue weighted by Gasteiger charge is 2.24. The van der Waals surface area contributed by atoms with Crippen molar-refractivity contribution < 1.29 is 4.74 Å². The maximum absolute atomic E-state index is 5.48. The van der Waals surface area contributed by atoms with Gasteiger partial charge in [-0.05, 0) is 57.7 Å². The molecule has 0 bridgehead atoms. The Balaban J connectivity index is 1.81. The first-order valence-corrected chi connectivity index (χ1v) is 7.42. The van der Waals surface area contributed by atoms with E-state index in [1.807, 2.05) is 0 Å². The van der Waals surface area contributed by atoms with Crippen LogP contribution in [0.25, 0.3) is 0 Å². The van der Waals surface area contributed by atoms with Crippen LogP contribution in [0.5, 0.6) is 0 Å². The topological polar surface area (TPSA) is 24.5 Å². The Morgan fingerprint density at radius 3 is 2.71 bits per heavy atom. The van der Waals surface area contributed by atoms with Crippen LogP contribution >= 0.6 is 0 Å². The number of nitrogens with zero attached hydrogens (tertiary/aromatic N) is 1. The molecule has 0 radical (unpaired) electrons. The lowest BCUT2D eigenvalue weighted by Crippen LogP contribution is -2.45. The summed E-state index contributed by atoms with van der Waals surface area (Å²) in [6.07, 6.45) is 6.52. The molecule has 100 valence electrons. The first-order valence-electron chi connectivity index (χ1n) is 7.42. The van der Waals surface area contributed by atoms with Crippen LogP contribution in [0.1, 0.15) is 39.0 Å². The third-order valence-corrected chi connectivity index (χ3v) is 4.11. The van der Waals surface area contributed by atoms with E-state index in [1.54, 1.807) is 0 Å². The van der Waals surface area contributed by atoms with Gasteiger partial charge in [-0.1, -0.05) is 6.92 Å². The van der Waals surface area contributed by atoms with Crippen LogP contribution < -0.4 is 5.32 Å². The maximum atomic E-state index is 5.48. The van der Waals surface area contributed by atoms with E-state index >= 15 is 0 Å². The van der Waals surface area contributed by atoms with Crippen LogP contribution in [0.4, 0.5) is 0 Å². The van der Waals surface area contributed by atoms with Gasteiger partial charge >= 0.3 is 0 Å². The monoisotopic (exact) mass is 240 g/mol. The molecule has 2 aliphatic rings. The first-order chi connectivity index (χ1) is 8.40. The summed E-state index contributed by atoms with van der Waals surface area (Å²) in [6, 6.07) is 0.783. The molecule has 0 aromatic rings. The molecule has 1 atom stereocenters. The second-order valence-corrected chi connectivity index (χ2v) is 5.55. The largest absolute Gasteiger partial charge is 0.381 e. The highest BCUT2D eigenvalue weighted by Crippen LogP contribution is 2.19. The van der Waals surface area contributed by atoms with Crippen LogP contribution in [0.15, 0.2) is 0 Å². The molecular formula is C14H28N2O. The van der Waals surface area contributed by atoms with Crippen molar-refractivity contribution in [2.24, 2.45) is 5.92 Å². The Bertz CT molecular complexity index is 198. The summed E-state index contributed by atoms with van der Waals surface area (Å²) in [5.74, 6) is 0.873. The molecule has 2 saturated heterocycles. The van der Waals surface area contributed by atoms with Gasteiger partial charge in [-0.25, -0.2) is 0 Å². The Morgan fingerprint density at radius 2 is 2.06 bits per heavy atom. The summed E-state index contributed by atoms with van der Waals surface area (Å²) >= 11 is 0. The van der Waals surface area contributed by atoms with Crippen molar-refractivity contribution in [1.82, 2.24) is 10.2 Å². The molecular weight excluding hydrogens is 212 g/mol. The summed E-state index contributed by atoms with van der Waals surface area (Å²) in [6.45, 7) is 9.24. The van der Waals surface area contributed by atoms with Gasteiger partial charge in [0.1, 0.15) is 0 Å². The van der Waals surface area contributed by atoms with Crippen LogP contribution in [0.2, 0.25) is 0 Å². The van der Waals surface area contributed by atoms with Gasteiger partial charge in [-0.15, -0.1) is 0 Å². The van der Waals surface area contributed by atoms with E-state index in [1.165, 1.54) is 58.3 Å². The van der Waals surface area contributed by atoms with Crippen LogP contribution in [-0.2, 0) is 4.74 Å². The molecule has 2 aliphatic heterocycles. The fraction of sp³-hybridized carbons (Fsp3) is 1.00. The first kappa shape index (κ1) is 13.3. The zero-order valence-electron chi connectivity index (χ0n) is 11.3. The summed E-state index contributed by atoms with van der Waals surface area (Å²) in [7, 11) is 0. The average molecular weight is 240 g/mol. The number of hydrogen-bond acceptors (Lipinski definition) is 3. The summed E-state index contributed by atoms with van der Waals surface area (Å²) in [5, 5.41) is 3.53. The van der Waals surface area contributed by atoms with Gasteiger partial charge in [0, 0.05) is 25.8 Å². The normalized spacial score (nSPS) is 27.5. The Kier molecular flexibility index (Phi) is 5.75. The van der Waals surface area contributed by atoms with Crippen LogP contribution in [-0.4, -0.2) is 50.3 Å². The quantitative estimate of drug-likeness (QED) is 0.794. The molecule has 3 nitrogen and oxygen atoms in total. The predicted molar refractivity (Wildman–Crippen MR) is 71.3 cm³/mol. The number of rotatable bonds is 5. The second-order valence-electron chi connectivity index (χ2n) is 5.55. The fourth-order valence-electron chi connectivity index (χ4n) is 3.17. The van der Waals surface area contributed by atoms with Crippen molar-refractivity contribution in [2.75, 3.05) is 39.4 Å². The zero-order chi connectivity index (χ0) is 11.9. The molecule has 1 N–H and O–H groups in total. The molecule has 2 fully saturated rings. The van der Waals surface area contributed by atoms with Gasteiger partial charge in [0.05, 0.1) is 0 Å². The van der Waals surface area contributed by atoms with Crippen molar-refractivity contribution in [3.8, 4) is 0 Å². The maximum Gasteiger partial charge on any atom is 0.0480 e. The lowest BCUT2D eigenvalue weighted by Gasteiger charge is -2.37. The minimum absolute atomic E-state index is 0.783. The van der Waals surface area contributed by atoms with E-state index in [4.69, 9.17) is 4.74 Å². The van der Waals surface area contributed by atoms with Gasteiger partial charge in [-0.2, -0.15) is 0 Å². The van der Waals surface area contributed by atoms with Gasteiger partial charge in [0.2, 0.25) is 0 Å². The lowest BCUT2D eigenvalue weighted by atomic mass is 9.97. The number of piperidine rings is 1. The summed E-state index contributed by atoms with van der Waals surface area (Å²) in [5.41, 5.74) is 0. The van der Waals surface area contributed by atoms with Crippen LogP contribution in [0.3, 0.4) is 0 Å². The average Bonchev–Trinajstić information content (AvgIpc) is 2.40. The molecule has 0 aromatic heterocycles. The standard InChI is InChI=1S/C14H28N2O/c1-2-8-16(14-5-9-17-10-6-14)12-13-4-3-7-15-11-13/h13-15H,2-12H2,1H3. The summed E-state index contributed by atoms with van der Waals surface area (Å²) < 4.78 is 5.48. The third kappa shape index (κ3) is 4.23. The second kappa shape index (κ2) is 7.34. The minimum atomic E-state index is 0.783. The number of ether oxygens (including phenoxy) is 1. The van der Waals surface area contributed by atoms with E-state index in [2.05, 4.69) is 17.1 Å².